The number of anilines is 1. The Morgan fingerprint density at radius 3 is 2.43 bits per heavy atom. The molecule has 0 bridgehead atoms. The number of rotatable bonds is 4. The van der Waals surface area contributed by atoms with Gasteiger partial charge in [-0.25, -0.2) is 0 Å². The summed E-state index contributed by atoms with van der Waals surface area (Å²) in [5.41, 5.74) is -1.22. The standard InChI is InChI=1S/C13H14N2O6/c1-13(2)9(10(13)12(18)19)11(17)14-7-4-3-6(16)5-8(7)15(20)21/h3-5,9-10,16H,1-2H3,(H,14,17)(H,18,19). The van der Waals surface area contributed by atoms with E-state index in [1.165, 1.54) is 12.1 Å². The van der Waals surface area contributed by atoms with E-state index < -0.39 is 39.7 Å². The molecule has 8 heteroatoms. The minimum Gasteiger partial charge on any atom is -0.508 e. The van der Waals surface area contributed by atoms with Crippen molar-refractivity contribution in [3.63, 3.8) is 0 Å². The zero-order valence-corrected chi connectivity index (χ0v) is 11.4. The molecule has 112 valence electrons. The van der Waals surface area contributed by atoms with E-state index in [0.717, 1.165) is 6.07 Å². The second-order valence-electron chi connectivity index (χ2n) is 5.56. The summed E-state index contributed by atoms with van der Waals surface area (Å²) in [5, 5.41) is 31.5. The molecule has 1 fully saturated rings. The van der Waals surface area contributed by atoms with Crippen LogP contribution in [0.3, 0.4) is 0 Å². The largest absolute Gasteiger partial charge is 0.508 e. The molecule has 0 radical (unpaired) electrons. The number of aliphatic carboxylic acids is 1. The Kier molecular flexibility index (Phi) is 3.32. The number of phenolic OH excluding ortho intramolecular Hbond substituents is 1. The number of aromatic hydroxyl groups is 1. The van der Waals surface area contributed by atoms with Crippen molar-refractivity contribution in [2.75, 3.05) is 5.32 Å². The highest BCUT2D eigenvalue weighted by Crippen LogP contribution is 2.58. The predicted octanol–water partition coefficient (Wildman–Crippen LogP) is 1.60. The minimum absolute atomic E-state index is 0.0744. The Balaban J connectivity index is 2.22. The third-order valence-electron chi connectivity index (χ3n) is 3.81. The number of phenols is 1. The van der Waals surface area contributed by atoms with Crippen LogP contribution in [-0.4, -0.2) is 27.0 Å². The highest BCUT2D eigenvalue weighted by Gasteiger charge is 2.66. The van der Waals surface area contributed by atoms with Gasteiger partial charge in [0.1, 0.15) is 11.4 Å². The first-order chi connectivity index (χ1) is 9.66. The van der Waals surface area contributed by atoms with Crippen LogP contribution in [0.2, 0.25) is 0 Å². The fourth-order valence-electron chi connectivity index (χ4n) is 2.58. The van der Waals surface area contributed by atoms with Crippen molar-refractivity contribution >= 4 is 23.3 Å². The van der Waals surface area contributed by atoms with Crippen LogP contribution in [-0.2, 0) is 9.59 Å². The van der Waals surface area contributed by atoms with Crippen molar-refractivity contribution in [2.24, 2.45) is 17.3 Å². The normalized spacial score (nSPS) is 22.4. The maximum absolute atomic E-state index is 12.1. The summed E-state index contributed by atoms with van der Waals surface area (Å²) in [6.45, 7) is 3.31. The first-order valence-electron chi connectivity index (χ1n) is 6.17. The van der Waals surface area contributed by atoms with Gasteiger partial charge in [-0.05, 0) is 17.5 Å². The molecule has 1 aliphatic carbocycles. The summed E-state index contributed by atoms with van der Waals surface area (Å²) in [5.74, 6) is -3.51. The summed E-state index contributed by atoms with van der Waals surface area (Å²) in [4.78, 5) is 33.3. The zero-order valence-electron chi connectivity index (χ0n) is 11.4. The van der Waals surface area contributed by atoms with Crippen molar-refractivity contribution < 1.29 is 24.7 Å². The summed E-state index contributed by atoms with van der Waals surface area (Å²) in [6.07, 6.45) is 0. The smallest absolute Gasteiger partial charge is 0.307 e. The molecule has 1 aromatic carbocycles. The van der Waals surface area contributed by atoms with Gasteiger partial charge in [0.05, 0.1) is 22.8 Å². The lowest BCUT2D eigenvalue weighted by Crippen LogP contribution is -2.18. The lowest BCUT2D eigenvalue weighted by Gasteiger charge is -2.07. The van der Waals surface area contributed by atoms with Crippen molar-refractivity contribution in [3.8, 4) is 5.75 Å². The van der Waals surface area contributed by atoms with Gasteiger partial charge in [0, 0.05) is 0 Å². The van der Waals surface area contributed by atoms with Gasteiger partial charge >= 0.3 is 5.97 Å². The first-order valence-corrected chi connectivity index (χ1v) is 6.17. The average molecular weight is 294 g/mol. The molecule has 2 rings (SSSR count). The quantitative estimate of drug-likeness (QED) is 0.439. The van der Waals surface area contributed by atoms with Crippen molar-refractivity contribution in [1.29, 1.82) is 0 Å². The molecule has 0 spiro atoms. The van der Waals surface area contributed by atoms with E-state index in [0.29, 0.717) is 0 Å². The fourth-order valence-corrected chi connectivity index (χ4v) is 2.58. The molecular weight excluding hydrogens is 280 g/mol. The zero-order chi connectivity index (χ0) is 15.9. The van der Waals surface area contributed by atoms with Gasteiger partial charge in [-0.3, -0.25) is 19.7 Å². The Labute approximate surface area is 119 Å². The van der Waals surface area contributed by atoms with E-state index in [9.17, 15) is 24.8 Å². The lowest BCUT2D eigenvalue weighted by molar-refractivity contribution is -0.384. The van der Waals surface area contributed by atoms with Gasteiger partial charge in [0.25, 0.3) is 5.69 Å². The number of nitrogens with zero attached hydrogens (tertiary/aromatic N) is 1. The van der Waals surface area contributed by atoms with E-state index in [1.807, 2.05) is 0 Å². The molecule has 0 aromatic heterocycles. The van der Waals surface area contributed by atoms with Crippen LogP contribution in [0.5, 0.6) is 5.75 Å². The van der Waals surface area contributed by atoms with Gasteiger partial charge in [-0.1, -0.05) is 13.8 Å². The third-order valence-corrected chi connectivity index (χ3v) is 3.81. The van der Waals surface area contributed by atoms with Crippen LogP contribution >= 0.6 is 0 Å². The molecule has 0 heterocycles. The van der Waals surface area contributed by atoms with Gasteiger partial charge in [-0.15, -0.1) is 0 Å². The van der Waals surface area contributed by atoms with Crippen LogP contribution in [0, 0.1) is 27.4 Å². The number of carbonyl (C=O) groups excluding carboxylic acids is 1. The minimum atomic E-state index is -1.07. The summed E-state index contributed by atoms with van der Waals surface area (Å²) >= 11 is 0. The highest BCUT2D eigenvalue weighted by atomic mass is 16.6. The van der Waals surface area contributed by atoms with E-state index in [2.05, 4.69) is 5.32 Å². The summed E-state index contributed by atoms with van der Waals surface area (Å²) < 4.78 is 0. The molecule has 21 heavy (non-hydrogen) atoms. The van der Waals surface area contributed by atoms with Crippen molar-refractivity contribution in [1.82, 2.24) is 0 Å². The van der Waals surface area contributed by atoms with Crippen molar-refractivity contribution in [2.45, 2.75) is 13.8 Å². The second kappa shape index (κ2) is 4.72. The molecule has 1 aromatic rings. The number of nitro groups is 1. The lowest BCUT2D eigenvalue weighted by atomic mass is 10.1. The molecule has 1 aliphatic rings. The molecule has 1 saturated carbocycles. The van der Waals surface area contributed by atoms with Crippen LogP contribution in [0.4, 0.5) is 11.4 Å². The van der Waals surface area contributed by atoms with Gasteiger partial charge < -0.3 is 15.5 Å². The molecule has 0 saturated heterocycles. The number of nitro benzene ring substituents is 1. The Morgan fingerprint density at radius 1 is 1.33 bits per heavy atom. The monoisotopic (exact) mass is 294 g/mol. The number of benzene rings is 1. The number of carbonyl (C=O) groups is 2. The van der Waals surface area contributed by atoms with Gasteiger partial charge in [0.15, 0.2) is 0 Å². The van der Waals surface area contributed by atoms with Crippen LogP contribution < -0.4 is 5.32 Å². The number of carboxylic acids is 1. The van der Waals surface area contributed by atoms with Crippen LogP contribution in [0.15, 0.2) is 18.2 Å². The van der Waals surface area contributed by atoms with E-state index in [4.69, 9.17) is 5.11 Å². The Bertz CT molecular complexity index is 640. The van der Waals surface area contributed by atoms with E-state index in [-0.39, 0.29) is 11.4 Å². The van der Waals surface area contributed by atoms with E-state index >= 15 is 0 Å². The van der Waals surface area contributed by atoms with Gasteiger partial charge in [0.2, 0.25) is 5.91 Å². The molecule has 8 nitrogen and oxygen atoms in total. The number of hydrogen-bond acceptors (Lipinski definition) is 5. The molecular formula is C13H14N2O6. The fraction of sp³-hybridized carbons (Fsp3) is 0.385. The summed E-state index contributed by atoms with van der Waals surface area (Å²) in [6, 6.07) is 3.33. The van der Waals surface area contributed by atoms with Crippen molar-refractivity contribution in [3.05, 3.63) is 28.3 Å². The SMILES string of the molecule is CC1(C)C(C(=O)O)C1C(=O)Nc1ccc(O)cc1[N+](=O)[O-]. The number of nitrogens with one attached hydrogen (secondary N) is 1. The second-order valence-corrected chi connectivity index (χ2v) is 5.56. The Morgan fingerprint density at radius 2 is 1.95 bits per heavy atom. The average Bonchev–Trinajstić information content (AvgIpc) is 2.94. The first kappa shape index (κ1) is 14.8. The maximum atomic E-state index is 12.1. The number of amides is 1. The highest BCUT2D eigenvalue weighted by molar-refractivity contribution is 6.01. The predicted molar refractivity (Wildman–Crippen MR) is 71.8 cm³/mol. The maximum Gasteiger partial charge on any atom is 0.307 e. The molecule has 1 amide bonds. The third kappa shape index (κ3) is 2.51. The number of hydrogen-bond donors (Lipinski definition) is 3. The number of carboxylic acid groups (broad SMARTS) is 1. The van der Waals surface area contributed by atoms with Crippen LogP contribution in [0.1, 0.15) is 13.8 Å². The summed E-state index contributed by atoms with van der Waals surface area (Å²) in [7, 11) is 0. The van der Waals surface area contributed by atoms with E-state index in [1.54, 1.807) is 13.8 Å². The molecule has 2 unspecified atom stereocenters. The molecule has 2 atom stereocenters. The van der Waals surface area contributed by atoms with Gasteiger partial charge in [-0.2, -0.15) is 0 Å². The molecule has 0 aliphatic heterocycles. The Hall–Kier alpha value is -2.64. The molecule has 3 N–H and O–H groups in total. The van der Waals surface area contributed by atoms with Crippen LogP contribution in [0.25, 0.3) is 0 Å². The topological polar surface area (TPSA) is 130 Å².